The van der Waals surface area contributed by atoms with Crippen LogP contribution >= 0.6 is 45.5 Å². The van der Waals surface area contributed by atoms with Gasteiger partial charge >= 0.3 is 0 Å². The van der Waals surface area contributed by atoms with Crippen LogP contribution in [-0.2, 0) is 0 Å². The molecule has 1 amide bonds. The predicted octanol–water partition coefficient (Wildman–Crippen LogP) is 5.32. The van der Waals surface area contributed by atoms with Crippen LogP contribution in [0.1, 0.15) is 10.4 Å². The molecule has 0 spiro atoms. The fourth-order valence-corrected chi connectivity index (χ4v) is 3.19. The van der Waals surface area contributed by atoms with Crippen LogP contribution in [0.3, 0.4) is 0 Å². The Morgan fingerprint density at radius 2 is 1.86 bits per heavy atom. The average molecular weight is 441 g/mol. The molecule has 22 heavy (non-hydrogen) atoms. The van der Waals surface area contributed by atoms with E-state index in [2.05, 4.69) is 32.9 Å². The molecule has 1 N–H and O–H groups in total. The minimum absolute atomic E-state index is 0.255. The van der Waals surface area contributed by atoms with Gasteiger partial charge in [0.05, 0.1) is 16.3 Å². The van der Waals surface area contributed by atoms with Crippen molar-refractivity contribution >= 4 is 56.6 Å². The molecule has 3 rings (SSSR count). The Balaban J connectivity index is 1.78. The highest BCUT2D eigenvalue weighted by molar-refractivity contribution is 14.1. The molecule has 0 atom stereocenters. The molecule has 3 aromatic rings. The van der Waals surface area contributed by atoms with Crippen molar-refractivity contribution < 1.29 is 4.79 Å². The van der Waals surface area contributed by atoms with Gasteiger partial charge in [0.25, 0.3) is 5.91 Å². The van der Waals surface area contributed by atoms with Crippen LogP contribution in [0.15, 0.2) is 53.9 Å². The van der Waals surface area contributed by atoms with Gasteiger partial charge in [-0.1, -0.05) is 35.9 Å². The average Bonchev–Trinajstić information content (AvgIpc) is 2.97. The number of rotatable bonds is 3. The largest absolute Gasteiger partial charge is 0.298 e. The smallest absolute Gasteiger partial charge is 0.258 e. The SMILES string of the molecule is O=C(Nc1nc(-c2ccc(I)cc2)cs1)c1ccccc1Cl. The van der Waals surface area contributed by atoms with Crippen LogP contribution in [0, 0.1) is 3.57 Å². The molecule has 3 nitrogen and oxygen atoms in total. The molecule has 0 aliphatic rings. The van der Waals surface area contributed by atoms with Crippen LogP contribution in [0.5, 0.6) is 0 Å². The van der Waals surface area contributed by atoms with Gasteiger partial charge in [0.15, 0.2) is 5.13 Å². The van der Waals surface area contributed by atoms with Crippen molar-refractivity contribution in [3.63, 3.8) is 0 Å². The summed E-state index contributed by atoms with van der Waals surface area (Å²) in [4.78, 5) is 16.6. The number of thiazole rings is 1. The normalized spacial score (nSPS) is 10.5. The monoisotopic (exact) mass is 440 g/mol. The molecule has 1 aromatic heterocycles. The van der Waals surface area contributed by atoms with E-state index in [1.807, 2.05) is 29.6 Å². The summed E-state index contributed by atoms with van der Waals surface area (Å²) >= 11 is 9.67. The molecule has 0 radical (unpaired) electrons. The molecule has 1 heterocycles. The van der Waals surface area contributed by atoms with E-state index >= 15 is 0 Å². The standard InChI is InChI=1S/C16H10ClIN2OS/c17-13-4-2-1-3-12(13)15(21)20-16-19-14(9-22-16)10-5-7-11(18)8-6-10/h1-9H,(H,19,20,21). The highest BCUT2D eigenvalue weighted by Crippen LogP contribution is 2.26. The zero-order valence-electron chi connectivity index (χ0n) is 11.2. The number of aromatic nitrogens is 1. The lowest BCUT2D eigenvalue weighted by Crippen LogP contribution is -2.12. The van der Waals surface area contributed by atoms with Crippen molar-refractivity contribution in [3.05, 3.63) is 68.1 Å². The fraction of sp³-hybridized carbons (Fsp3) is 0. The molecule has 0 saturated carbocycles. The number of anilines is 1. The summed E-state index contributed by atoms with van der Waals surface area (Å²) < 4.78 is 1.17. The lowest BCUT2D eigenvalue weighted by atomic mass is 10.2. The number of carbonyl (C=O) groups is 1. The molecule has 6 heteroatoms. The molecule has 2 aromatic carbocycles. The summed E-state index contributed by atoms with van der Waals surface area (Å²) in [5.74, 6) is -0.255. The van der Waals surface area contributed by atoms with Crippen LogP contribution in [0.4, 0.5) is 5.13 Å². The minimum atomic E-state index is -0.255. The van der Waals surface area contributed by atoms with Gasteiger partial charge < -0.3 is 0 Å². The summed E-state index contributed by atoms with van der Waals surface area (Å²) in [6, 6.07) is 15.0. The van der Waals surface area contributed by atoms with Crippen LogP contribution in [0.25, 0.3) is 11.3 Å². The second-order valence-corrected chi connectivity index (χ2v) is 6.99. The summed E-state index contributed by atoms with van der Waals surface area (Å²) in [6.07, 6.45) is 0. The Kier molecular flexibility index (Phi) is 4.75. The zero-order chi connectivity index (χ0) is 15.5. The number of hydrogen-bond acceptors (Lipinski definition) is 3. The van der Waals surface area contributed by atoms with Gasteiger partial charge in [-0.2, -0.15) is 0 Å². The van der Waals surface area contributed by atoms with Gasteiger partial charge in [0.1, 0.15) is 0 Å². The van der Waals surface area contributed by atoms with E-state index in [0.717, 1.165) is 11.3 Å². The van der Waals surface area contributed by atoms with E-state index in [0.29, 0.717) is 15.7 Å². The van der Waals surface area contributed by atoms with Gasteiger partial charge in [0.2, 0.25) is 0 Å². The minimum Gasteiger partial charge on any atom is -0.298 e. The first kappa shape index (κ1) is 15.5. The lowest BCUT2D eigenvalue weighted by molar-refractivity contribution is 0.102. The third-order valence-electron chi connectivity index (χ3n) is 2.98. The Labute approximate surface area is 150 Å². The van der Waals surface area contributed by atoms with Crippen LogP contribution in [0.2, 0.25) is 5.02 Å². The van der Waals surface area contributed by atoms with Gasteiger partial charge in [-0.3, -0.25) is 10.1 Å². The van der Waals surface area contributed by atoms with Crippen LogP contribution < -0.4 is 5.32 Å². The van der Waals surface area contributed by atoms with Crippen molar-refractivity contribution in [2.24, 2.45) is 0 Å². The number of halogens is 2. The highest BCUT2D eigenvalue weighted by atomic mass is 127. The molecular formula is C16H10ClIN2OS. The van der Waals surface area contributed by atoms with E-state index in [-0.39, 0.29) is 5.91 Å². The first-order valence-electron chi connectivity index (χ1n) is 6.41. The van der Waals surface area contributed by atoms with E-state index in [9.17, 15) is 4.79 Å². The van der Waals surface area contributed by atoms with Crippen molar-refractivity contribution in [1.29, 1.82) is 0 Å². The summed E-state index contributed by atoms with van der Waals surface area (Å²) in [6.45, 7) is 0. The Hall–Kier alpha value is -1.44. The number of nitrogens with one attached hydrogen (secondary N) is 1. The maximum Gasteiger partial charge on any atom is 0.258 e. The first-order valence-corrected chi connectivity index (χ1v) is 8.74. The van der Waals surface area contributed by atoms with Crippen molar-refractivity contribution in [2.45, 2.75) is 0 Å². The third-order valence-corrected chi connectivity index (χ3v) is 4.79. The number of carbonyl (C=O) groups excluding carboxylic acids is 1. The lowest BCUT2D eigenvalue weighted by Gasteiger charge is -2.03. The topological polar surface area (TPSA) is 42.0 Å². The van der Waals surface area contributed by atoms with Gasteiger partial charge in [0, 0.05) is 14.5 Å². The zero-order valence-corrected chi connectivity index (χ0v) is 14.9. The Morgan fingerprint density at radius 1 is 1.14 bits per heavy atom. The van der Waals surface area contributed by atoms with Gasteiger partial charge in [-0.25, -0.2) is 4.98 Å². The molecular weight excluding hydrogens is 431 g/mol. The third kappa shape index (κ3) is 3.48. The molecule has 0 unspecified atom stereocenters. The first-order chi connectivity index (χ1) is 10.6. The van der Waals surface area contributed by atoms with Crippen molar-refractivity contribution in [3.8, 4) is 11.3 Å². The van der Waals surface area contributed by atoms with E-state index in [1.165, 1.54) is 14.9 Å². The van der Waals surface area contributed by atoms with E-state index in [1.54, 1.807) is 24.3 Å². The van der Waals surface area contributed by atoms with Crippen LogP contribution in [-0.4, -0.2) is 10.9 Å². The quantitative estimate of drug-likeness (QED) is 0.560. The van der Waals surface area contributed by atoms with E-state index in [4.69, 9.17) is 11.6 Å². The maximum absolute atomic E-state index is 12.2. The Morgan fingerprint density at radius 3 is 2.59 bits per heavy atom. The number of nitrogens with zero attached hydrogens (tertiary/aromatic N) is 1. The molecule has 0 fully saturated rings. The van der Waals surface area contributed by atoms with Gasteiger partial charge in [-0.05, 0) is 46.9 Å². The number of amides is 1. The molecule has 0 aliphatic carbocycles. The Bertz CT molecular complexity index is 817. The molecule has 0 saturated heterocycles. The summed E-state index contributed by atoms with van der Waals surface area (Å²) in [7, 11) is 0. The highest BCUT2D eigenvalue weighted by Gasteiger charge is 2.12. The number of benzene rings is 2. The molecule has 110 valence electrons. The molecule has 0 bridgehead atoms. The second-order valence-electron chi connectivity index (χ2n) is 4.48. The molecule has 0 aliphatic heterocycles. The fourth-order valence-electron chi connectivity index (χ4n) is 1.89. The second kappa shape index (κ2) is 6.76. The summed E-state index contributed by atoms with van der Waals surface area (Å²) in [5.41, 5.74) is 2.31. The summed E-state index contributed by atoms with van der Waals surface area (Å²) in [5, 5.41) is 5.68. The van der Waals surface area contributed by atoms with Crippen molar-refractivity contribution in [1.82, 2.24) is 4.98 Å². The number of hydrogen-bond donors (Lipinski definition) is 1. The van der Waals surface area contributed by atoms with Crippen molar-refractivity contribution in [2.75, 3.05) is 5.32 Å². The predicted molar refractivity (Wildman–Crippen MR) is 99.7 cm³/mol. The van der Waals surface area contributed by atoms with Gasteiger partial charge in [-0.15, -0.1) is 11.3 Å². The maximum atomic E-state index is 12.2. The van der Waals surface area contributed by atoms with E-state index < -0.39 is 0 Å².